The minimum absolute atomic E-state index is 0.554. The highest BCUT2D eigenvalue weighted by molar-refractivity contribution is 9.10. The van der Waals surface area contributed by atoms with Crippen molar-refractivity contribution in [2.24, 2.45) is 0 Å². The molecular formula is C16H23BrN2O2. The first kappa shape index (κ1) is 17.7. The molecule has 1 rings (SSSR count). The summed E-state index contributed by atoms with van der Waals surface area (Å²) in [6.07, 6.45) is 6.94. The molecule has 0 heterocycles. The molecule has 116 valence electrons. The highest BCUT2D eigenvalue weighted by atomic mass is 79.9. The predicted molar refractivity (Wildman–Crippen MR) is 89.2 cm³/mol. The number of carbonyl (C=O) groups excluding carboxylic acids is 2. The summed E-state index contributed by atoms with van der Waals surface area (Å²) in [7, 11) is 0. The first-order valence-electron chi connectivity index (χ1n) is 7.48. The average molecular weight is 355 g/mol. The summed E-state index contributed by atoms with van der Waals surface area (Å²) in [6, 6.07) is 7.10. The van der Waals surface area contributed by atoms with Gasteiger partial charge in [0.15, 0.2) is 0 Å². The number of unbranched alkanes of at least 4 members (excludes halogenated alkanes) is 5. The summed E-state index contributed by atoms with van der Waals surface area (Å²) in [5.74, 6) is -1.20. The van der Waals surface area contributed by atoms with Crippen molar-refractivity contribution in [1.82, 2.24) is 5.32 Å². The monoisotopic (exact) mass is 354 g/mol. The van der Waals surface area contributed by atoms with Crippen LogP contribution in [0, 0.1) is 0 Å². The number of anilines is 1. The minimum Gasteiger partial charge on any atom is -0.348 e. The predicted octanol–water partition coefficient (Wildman–Crippen LogP) is 3.86. The van der Waals surface area contributed by atoms with Crippen LogP contribution >= 0.6 is 15.9 Å². The van der Waals surface area contributed by atoms with Gasteiger partial charge < -0.3 is 10.6 Å². The highest BCUT2D eigenvalue weighted by Gasteiger charge is 2.12. The number of carbonyl (C=O) groups is 2. The second-order valence-electron chi connectivity index (χ2n) is 4.98. The lowest BCUT2D eigenvalue weighted by molar-refractivity contribution is -0.136. The van der Waals surface area contributed by atoms with Crippen molar-refractivity contribution < 1.29 is 9.59 Å². The summed E-state index contributed by atoms with van der Waals surface area (Å²) in [4.78, 5) is 23.3. The quantitative estimate of drug-likeness (QED) is 0.549. The molecule has 0 aliphatic carbocycles. The van der Waals surface area contributed by atoms with E-state index in [1.54, 1.807) is 12.1 Å². The molecule has 0 aliphatic rings. The summed E-state index contributed by atoms with van der Waals surface area (Å²) in [5, 5.41) is 5.21. The van der Waals surface area contributed by atoms with Gasteiger partial charge in [0, 0.05) is 16.7 Å². The second kappa shape index (κ2) is 10.4. The van der Waals surface area contributed by atoms with Crippen molar-refractivity contribution in [2.45, 2.75) is 45.4 Å². The normalized spacial score (nSPS) is 10.2. The molecule has 0 saturated carbocycles. The van der Waals surface area contributed by atoms with Crippen molar-refractivity contribution in [2.75, 3.05) is 11.9 Å². The lowest BCUT2D eigenvalue weighted by Crippen LogP contribution is -2.35. The van der Waals surface area contributed by atoms with Crippen LogP contribution in [0.4, 0.5) is 5.69 Å². The van der Waals surface area contributed by atoms with Gasteiger partial charge >= 0.3 is 11.8 Å². The Labute approximate surface area is 134 Å². The largest absolute Gasteiger partial charge is 0.348 e. The number of halogens is 1. The van der Waals surface area contributed by atoms with Gasteiger partial charge in [-0.25, -0.2) is 0 Å². The van der Waals surface area contributed by atoms with Crippen LogP contribution in [0.25, 0.3) is 0 Å². The number of amides is 2. The molecule has 0 bridgehead atoms. The minimum atomic E-state index is -0.622. The van der Waals surface area contributed by atoms with Gasteiger partial charge in [0.1, 0.15) is 0 Å². The van der Waals surface area contributed by atoms with Crippen LogP contribution in [0.5, 0.6) is 0 Å². The van der Waals surface area contributed by atoms with Crippen molar-refractivity contribution in [3.05, 3.63) is 28.7 Å². The Kier molecular flexibility index (Phi) is 8.74. The van der Waals surface area contributed by atoms with Gasteiger partial charge in [-0.1, -0.05) is 55.0 Å². The van der Waals surface area contributed by atoms with E-state index in [0.29, 0.717) is 12.2 Å². The van der Waals surface area contributed by atoms with Gasteiger partial charge in [-0.2, -0.15) is 0 Å². The van der Waals surface area contributed by atoms with E-state index >= 15 is 0 Å². The Bertz CT molecular complexity index is 446. The van der Waals surface area contributed by atoms with Crippen LogP contribution in [-0.2, 0) is 9.59 Å². The maximum Gasteiger partial charge on any atom is 0.313 e. The van der Waals surface area contributed by atoms with E-state index in [0.717, 1.165) is 17.3 Å². The number of hydrogen-bond donors (Lipinski definition) is 2. The van der Waals surface area contributed by atoms with Crippen molar-refractivity contribution in [3.63, 3.8) is 0 Å². The fourth-order valence-corrected chi connectivity index (χ4v) is 2.17. The Morgan fingerprint density at radius 1 is 0.952 bits per heavy atom. The number of benzene rings is 1. The number of hydrogen-bond acceptors (Lipinski definition) is 2. The molecule has 1 aromatic carbocycles. The lowest BCUT2D eigenvalue weighted by Gasteiger charge is -2.06. The molecule has 0 spiro atoms. The molecule has 21 heavy (non-hydrogen) atoms. The topological polar surface area (TPSA) is 58.2 Å². The number of nitrogens with one attached hydrogen (secondary N) is 2. The van der Waals surface area contributed by atoms with Gasteiger partial charge in [0.05, 0.1) is 0 Å². The molecule has 5 heteroatoms. The maximum atomic E-state index is 11.7. The van der Waals surface area contributed by atoms with Crippen molar-refractivity contribution in [3.8, 4) is 0 Å². The molecule has 4 nitrogen and oxygen atoms in total. The fourth-order valence-electron chi connectivity index (χ4n) is 1.91. The van der Waals surface area contributed by atoms with Gasteiger partial charge in [0.25, 0.3) is 0 Å². The summed E-state index contributed by atoms with van der Waals surface area (Å²) in [5.41, 5.74) is 0.609. The van der Waals surface area contributed by atoms with E-state index in [1.807, 2.05) is 12.1 Å². The molecule has 0 aliphatic heterocycles. The molecule has 0 aromatic heterocycles. The van der Waals surface area contributed by atoms with E-state index in [2.05, 4.69) is 33.5 Å². The maximum absolute atomic E-state index is 11.7. The second-order valence-corrected chi connectivity index (χ2v) is 5.90. The zero-order chi connectivity index (χ0) is 15.5. The van der Waals surface area contributed by atoms with Crippen LogP contribution in [0.1, 0.15) is 45.4 Å². The third kappa shape index (κ3) is 7.85. The molecule has 0 radical (unpaired) electrons. The highest BCUT2D eigenvalue weighted by Crippen LogP contribution is 2.13. The van der Waals surface area contributed by atoms with Crippen LogP contribution < -0.4 is 10.6 Å². The van der Waals surface area contributed by atoms with E-state index in [9.17, 15) is 9.59 Å². The van der Waals surface area contributed by atoms with Crippen LogP contribution in [0.2, 0.25) is 0 Å². The van der Waals surface area contributed by atoms with E-state index in [-0.39, 0.29) is 0 Å². The Morgan fingerprint density at radius 3 is 2.24 bits per heavy atom. The molecule has 2 amide bonds. The molecule has 0 saturated heterocycles. The summed E-state index contributed by atoms with van der Waals surface area (Å²) >= 11 is 3.31. The van der Waals surface area contributed by atoms with Crippen LogP contribution in [0.15, 0.2) is 28.7 Å². The zero-order valence-electron chi connectivity index (χ0n) is 12.5. The van der Waals surface area contributed by atoms with Crippen molar-refractivity contribution in [1.29, 1.82) is 0 Å². The molecule has 0 unspecified atom stereocenters. The number of rotatable bonds is 8. The van der Waals surface area contributed by atoms with Gasteiger partial charge in [-0.15, -0.1) is 0 Å². The average Bonchev–Trinajstić information content (AvgIpc) is 2.48. The first-order chi connectivity index (χ1) is 10.1. The smallest absolute Gasteiger partial charge is 0.313 e. The standard InChI is InChI=1S/C16H23BrN2O2/c1-2-3-4-5-6-7-12-18-15(20)16(21)19-14-10-8-13(17)9-11-14/h8-11H,2-7,12H2,1H3,(H,18,20)(H,19,21). The SMILES string of the molecule is CCCCCCCCNC(=O)C(=O)Nc1ccc(Br)cc1. The van der Waals surface area contributed by atoms with Gasteiger partial charge in [-0.3, -0.25) is 9.59 Å². The van der Waals surface area contributed by atoms with E-state index < -0.39 is 11.8 Å². The Balaban J connectivity index is 2.16. The van der Waals surface area contributed by atoms with Crippen molar-refractivity contribution >= 4 is 33.4 Å². The van der Waals surface area contributed by atoms with Crippen LogP contribution in [0.3, 0.4) is 0 Å². The lowest BCUT2D eigenvalue weighted by atomic mass is 10.1. The molecular weight excluding hydrogens is 332 g/mol. The fraction of sp³-hybridized carbons (Fsp3) is 0.500. The molecule has 1 aromatic rings. The third-order valence-electron chi connectivity index (χ3n) is 3.12. The zero-order valence-corrected chi connectivity index (χ0v) is 14.0. The Hall–Kier alpha value is -1.36. The van der Waals surface area contributed by atoms with Gasteiger partial charge in [0.2, 0.25) is 0 Å². The first-order valence-corrected chi connectivity index (χ1v) is 8.27. The summed E-state index contributed by atoms with van der Waals surface area (Å²) < 4.78 is 0.924. The van der Waals surface area contributed by atoms with Crippen LogP contribution in [-0.4, -0.2) is 18.4 Å². The van der Waals surface area contributed by atoms with E-state index in [4.69, 9.17) is 0 Å². The molecule has 2 N–H and O–H groups in total. The molecule has 0 atom stereocenters. The van der Waals surface area contributed by atoms with E-state index in [1.165, 1.54) is 25.7 Å². The van der Waals surface area contributed by atoms with Gasteiger partial charge in [-0.05, 0) is 30.7 Å². The molecule has 0 fully saturated rings. The summed E-state index contributed by atoms with van der Waals surface area (Å²) in [6.45, 7) is 2.74. The Morgan fingerprint density at radius 2 is 1.57 bits per heavy atom. The third-order valence-corrected chi connectivity index (χ3v) is 3.65.